The Morgan fingerprint density at radius 3 is 1.53 bits per heavy atom. The highest BCUT2D eigenvalue weighted by atomic mass is 16.3. The summed E-state index contributed by atoms with van der Waals surface area (Å²) in [6.45, 7) is 0. The summed E-state index contributed by atoms with van der Waals surface area (Å²) >= 11 is 0. The normalized spacial score (nSPS) is 11.6. The highest BCUT2D eigenvalue weighted by molar-refractivity contribution is 6.20. The van der Waals surface area contributed by atoms with Crippen molar-refractivity contribution in [2.45, 2.75) is 0 Å². The van der Waals surface area contributed by atoms with Gasteiger partial charge in [0.2, 0.25) is 0 Å². The molecule has 2 aromatic heterocycles. The van der Waals surface area contributed by atoms with Gasteiger partial charge < -0.3 is 4.42 Å². The van der Waals surface area contributed by atoms with Gasteiger partial charge >= 0.3 is 0 Å². The van der Waals surface area contributed by atoms with Crippen molar-refractivity contribution in [3.63, 3.8) is 0 Å². The minimum Gasteiger partial charge on any atom is -0.456 e. The smallest absolute Gasteiger partial charge is 0.164 e. The second-order valence-corrected chi connectivity index (χ2v) is 14.0. The van der Waals surface area contributed by atoms with Crippen molar-refractivity contribution < 1.29 is 4.42 Å². The summed E-state index contributed by atoms with van der Waals surface area (Å²) in [5.74, 6) is 1.89. The topological polar surface area (TPSA) is 51.8 Å². The second kappa shape index (κ2) is 12.6. The number of benzene rings is 9. The molecule has 0 saturated heterocycles. The number of aromatic nitrogens is 3. The van der Waals surface area contributed by atoms with Crippen molar-refractivity contribution in [1.82, 2.24) is 15.0 Å². The average Bonchev–Trinajstić information content (AvgIpc) is 3.64. The first-order valence-corrected chi connectivity index (χ1v) is 18.5. The number of para-hydroxylation sites is 1. The third-order valence-electron chi connectivity index (χ3n) is 10.7. The predicted octanol–water partition coefficient (Wildman–Crippen LogP) is 13.6. The van der Waals surface area contributed by atoms with Crippen LogP contribution in [-0.4, -0.2) is 15.0 Å². The van der Waals surface area contributed by atoms with Gasteiger partial charge in [-0.05, 0) is 78.8 Å². The highest BCUT2D eigenvalue weighted by Crippen LogP contribution is 2.40. The van der Waals surface area contributed by atoms with Crippen LogP contribution in [0.1, 0.15) is 0 Å². The minimum atomic E-state index is 0.627. The van der Waals surface area contributed by atoms with Gasteiger partial charge in [0.15, 0.2) is 17.5 Å². The molecule has 55 heavy (non-hydrogen) atoms. The molecular formula is C51H31N3O. The quantitative estimate of drug-likeness (QED) is 0.132. The van der Waals surface area contributed by atoms with Gasteiger partial charge in [0, 0.05) is 27.5 Å². The summed E-state index contributed by atoms with van der Waals surface area (Å²) in [7, 11) is 0. The molecule has 9 aromatic carbocycles. The van der Waals surface area contributed by atoms with Crippen LogP contribution in [0.3, 0.4) is 0 Å². The SMILES string of the molecule is c1ccc(-c2nc(-c3ccc(-c4ccc5oc6ccccc6c5c4)cc3)nc(-c3ccc(-c4c5ccccc5cc5c4ccc4ccccc45)cc3)n2)cc1. The Bertz CT molecular complexity index is 3240. The van der Waals surface area contributed by atoms with Crippen LogP contribution in [-0.2, 0) is 0 Å². The zero-order valence-corrected chi connectivity index (χ0v) is 29.6. The maximum atomic E-state index is 6.07. The van der Waals surface area contributed by atoms with Crippen LogP contribution in [0.5, 0.6) is 0 Å². The van der Waals surface area contributed by atoms with Crippen LogP contribution in [0.2, 0.25) is 0 Å². The Balaban J connectivity index is 0.999. The van der Waals surface area contributed by atoms with E-state index in [0.717, 1.165) is 55.3 Å². The van der Waals surface area contributed by atoms with E-state index < -0.39 is 0 Å². The maximum Gasteiger partial charge on any atom is 0.164 e. The van der Waals surface area contributed by atoms with Crippen LogP contribution < -0.4 is 0 Å². The summed E-state index contributed by atoms with van der Waals surface area (Å²) < 4.78 is 6.07. The molecule has 0 N–H and O–H groups in total. The van der Waals surface area contributed by atoms with Crippen molar-refractivity contribution in [3.8, 4) is 56.4 Å². The number of rotatable bonds is 5. The largest absolute Gasteiger partial charge is 0.456 e. The standard InChI is InChI=1S/C51H31N3O/c1-2-11-35(12-3-1)49-52-50(36-22-18-32(19-23-36)38-27-29-47-45(30-38)42-16-8-9-17-46(42)55-47)54-51(53-49)37-24-20-34(21-25-37)48-41-15-7-5-13-39(41)31-44-40-14-6-4-10-33(40)26-28-43(44)48/h1-31H. The van der Waals surface area contributed by atoms with E-state index in [1.165, 1.54) is 37.9 Å². The van der Waals surface area contributed by atoms with Crippen LogP contribution in [0, 0.1) is 0 Å². The monoisotopic (exact) mass is 701 g/mol. The van der Waals surface area contributed by atoms with E-state index in [4.69, 9.17) is 19.4 Å². The van der Waals surface area contributed by atoms with Crippen molar-refractivity contribution >= 4 is 54.3 Å². The molecule has 0 unspecified atom stereocenters. The molecule has 4 heteroatoms. The minimum absolute atomic E-state index is 0.627. The second-order valence-electron chi connectivity index (χ2n) is 14.0. The lowest BCUT2D eigenvalue weighted by molar-refractivity contribution is 0.669. The zero-order chi connectivity index (χ0) is 36.3. The lowest BCUT2D eigenvalue weighted by Crippen LogP contribution is -2.00. The first kappa shape index (κ1) is 31.1. The molecule has 4 nitrogen and oxygen atoms in total. The third kappa shape index (κ3) is 5.34. The number of hydrogen-bond acceptors (Lipinski definition) is 4. The van der Waals surface area contributed by atoms with Crippen molar-refractivity contribution in [2.75, 3.05) is 0 Å². The Morgan fingerprint density at radius 2 is 0.800 bits per heavy atom. The van der Waals surface area contributed by atoms with E-state index in [9.17, 15) is 0 Å². The molecule has 0 aliphatic rings. The fraction of sp³-hybridized carbons (Fsp3) is 0. The van der Waals surface area contributed by atoms with Gasteiger partial charge in [0.25, 0.3) is 0 Å². The van der Waals surface area contributed by atoms with E-state index >= 15 is 0 Å². The summed E-state index contributed by atoms with van der Waals surface area (Å²) in [5.41, 5.74) is 9.19. The molecule has 0 aliphatic heterocycles. The van der Waals surface area contributed by atoms with Gasteiger partial charge in [-0.1, -0.05) is 164 Å². The van der Waals surface area contributed by atoms with E-state index in [2.05, 4.69) is 140 Å². The maximum absolute atomic E-state index is 6.07. The van der Waals surface area contributed by atoms with E-state index in [-0.39, 0.29) is 0 Å². The van der Waals surface area contributed by atoms with Gasteiger partial charge in [0.1, 0.15) is 11.2 Å². The first-order valence-electron chi connectivity index (χ1n) is 18.5. The van der Waals surface area contributed by atoms with Crippen LogP contribution >= 0.6 is 0 Å². The van der Waals surface area contributed by atoms with Crippen molar-refractivity contribution in [1.29, 1.82) is 0 Å². The fourth-order valence-electron chi connectivity index (χ4n) is 7.99. The van der Waals surface area contributed by atoms with Crippen molar-refractivity contribution in [2.24, 2.45) is 0 Å². The lowest BCUT2D eigenvalue weighted by Gasteiger charge is -2.14. The lowest BCUT2D eigenvalue weighted by atomic mass is 9.89. The van der Waals surface area contributed by atoms with Gasteiger partial charge in [-0.2, -0.15) is 0 Å². The third-order valence-corrected chi connectivity index (χ3v) is 10.7. The molecule has 0 atom stereocenters. The Kier molecular flexibility index (Phi) is 7.14. The summed E-state index contributed by atoms with van der Waals surface area (Å²) in [6, 6.07) is 65.9. The average molecular weight is 702 g/mol. The molecule has 2 heterocycles. The molecule has 0 radical (unpaired) electrons. The number of nitrogens with zero attached hydrogens (tertiary/aromatic N) is 3. The zero-order valence-electron chi connectivity index (χ0n) is 29.6. The molecule has 0 fully saturated rings. The Hall–Kier alpha value is -7.43. The highest BCUT2D eigenvalue weighted by Gasteiger charge is 2.16. The molecule has 0 bridgehead atoms. The van der Waals surface area contributed by atoms with E-state index in [1.807, 2.05) is 48.5 Å². The molecule has 0 saturated carbocycles. The Morgan fingerprint density at radius 1 is 0.273 bits per heavy atom. The summed E-state index contributed by atoms with van der Waals surface area (Å²) in [6.07, 6.45) is 0. The molecule has 0 aliphatic carbocycles. The number of hydrogen-bond donors (Lipinski definition) is 0. The van der Waals surface area contributed by atoms with Gasteiger partial charge in [-0.3, -0.25) is 0 Å². The molecule has 0 amide bonds. The number of furan rings is 1. The van der Waals surface area contributed by atoms with Crippen LogP contribution in [0.4, 0.5) is 0 Å². The van der Waals surface area contributed by atoms with Crippen LogP contribution in [0.15, 0.2) is 192 Å². The van der Waals surface area contributed by atoms with Crippen LogP contribution in [0.25, 0.3) is 111 Å². The molecular weight excluding hydrogens is 671 g/mol. The summed E-state index contributed by atoms with van der Waals surface area (Å²) in [4.78, 5) is 15.1. The van der Waals surface area contributed by atoms with E-state index in [1.54, 1.807) is 0 Å². The first-order chi connectivity index (χ1) is 27.2. The molecule has 0 spiro atoms. The Labute approximate surface area is 317 Å². The predicted molar refractivity (Wildman–Crippen MR) is 227 cm³/mol. The molecule has 11 rings (SSSR count). The molecule has 11 aromatic rings. The van der Waals surface area contributed by atoms with Gasteiger partial charge in [-0.25, -0.2) is 15.0 Å². The fourth-order valence-corrected chi connectivity index (χ4v) is 7.99. The summed E-state index contributed by atoms with van der Waals surface area (Å²) in [5, 5.41) is 9.68. The van der Waals surface area contributed by atoms with E-state index in [0.29, 0.717) is 17.5 Å². The van der Waals surface area contributed by atoms with Gasteiger partial charge in [-0.15, -0.1) is 0 Å². The van der Waals surface area contributed by atoms with Gasteiger partial charge in [0.05, 0.1) is 0 Å². The van der Waals surface area contributed by atoms with Crippen molar-refractivity contribution in [3.05, 3.63) is 188 Å². The molecule has 256 valence electrons. The number of fused-ring (bicyclic) bond motifs is 7.